The average molecular weight is 343 g/mol. The van der Waals surface area contributed by atoms with Crippen molar-refractivity contribution in [3.05, 3.63) is 35.4 Å². The zero-order chi connectivity index (χ0) is 18.0. The second-order valence-corrected chi connectivity index (χ2v) is 6.92. The Kier molecular flexibility index (Phi) is 5.18. The molecule has 3 rings (SSSR count). The van der Waals surface area contributed by atoms with Gasteiger partial charge in [0.15, 0.2) is 0 Å². The topological polar surface area (TPSA) is 60.9 Å². The van der Waals surface area contributed by atoms with E-state index in [-0.39, 0.29) is 30.2 Å². The molecule has 0 aliphatic carbocycles. The van der Waals surface area contributed by atoms with Gasteiger partial charge < -0.3 is 4.90 Å². The van der Waals surface area contributed by atoms with Crippen LogP contribution < -0.4 is 0 Å². The van der Waals surface area contributed by atoms with Gasteiger partial charge in [0.05, 0.1) is 12.5 Å². The second-order valence-electron chi connectivity index (χ2n) is 6.92. The maximum atomic E-state index is 12.4. The van der Waals surface area contributed by atoms with Gasteiger partial charge in [0.1, 0.15) is 0 Å². The number of aryl methyl sites for hydroxylation is 2. The van der Waals surface area contributed by atoms with Crippen LogP contribution in [-0.4, -0.2) is 71.7 Å². The predicted octanol–water partition coefficient (Wildman–Crippen LogP) is 0.829. The number of likely N-dealkylation sites (N-methyl/N-ethyl adjacent to an activating group) is 1. The Labute approximate surface area is 148 Å². The Bertz CT molecular complexity index is 680. The van der Waals surface area contributed by atoms with Crippen LogP contribution in [0.5, 0.6) is 0 Å². The molecule has 1 aromatic rings. The molecule has 2 aliphatic heterocycles. The quantitative estimate of drug-likeness (QED) is 0.760. The van der Waals surface area contributed by atoms with Crippen LogP contribution in [0.2, 0.25) is 0 Å². The molecular formula is C19H25N3O3. The van der Waals surface area contributed by atoms with Gasteiger partial charge in [-0.25, -0.2) is 0 Å². The summed E-state index contributed by atoms with van der Waals surface area (Å²) in [7, 11) is 1.54. The highest BCUT2D eigenvalue weighted by Crippen LogP contribution is 2.19. The van der Waals surface area contributed by atoms with Crippen molar-refractivity contribution in [2.24, 2.45) is 0 Å². The number of amides is 3. The van der Waals surface area contributed by atoms with Crippen molar-refractivity contribution < 1.29 is 14.4 Å². The van der Waals surface area contributed by atoms with Crippen molar-refractivity contribution in [2.45, 2.75) is 32.2 Å². The number of hydrogen-bond donors (Lipinski definition) is 0. The van der Waals surface area contributed by atoms with Gasteiger partial charge in [0.25, 0.3) is 0 Å². The molecule has 1 atom stereocenters. The van der Waals surface area contributed by atoms with Crippen LogP contribution in [-0.2, 0) is 20.8 Å². The van der Waals surface area contributed by atoms with E-state index < -0.39 is 0 Å². The van der Waals surface area contributed by atoms with E-state index in [0.717, 1.165) is 6.42 Å². The fraction of sp³-hybridized carbons (Fsp3) is 0.526. The molecule has 25 heavy (non-hydrogen) atoms. The zero-order valence-electron chi connectivity index (χ0n) is 14.9. The molecule has 3 amide bonds. The molecule has 134 valence electrons. The summed E-state index contributed by atoms with van der Waals surface area (Å²) < 4.78 is 0. The molecule has 2 heterocycles. The first-order valence-corrected chi connectivity index (χ1v) is 8.83. The van der Waals surface area contributed by atoms with Crippen molar-refractivity contribution >= 4 is 17.7 Å². The first-order chi connectivity index (χ1) is 12.0. The van der Waals surface area contributed by atoms with E-state index in [1.54, 1.807) is 0 Å². The summed E-state index contributed by atoms with van der Waals surface area (Å²) >= 11 is 0. The monoisotopic (exact) mass is 343 g/mol. The van der Waals surface area contributed by atoms with Crippen LogP contribution in [0.1, 0.15) is 24.0 Å². The molecule has 1 unspecified atom stereocenters. The van der Waals surface area contributed by atoms with Gasteiger partial charge in [0.2, 0.25) is 17.7 Å². The summed E-state index contributed by atoms with van der Waals surface area (Å²) in [5.74, 6) is -0.0806. The molecule has 0 saturated carbocycles. The number of piperazine rings is 1. The Morgan fingerprint density at radius 2 is 1.88 bits per heavy atom. The minimum Gasteiger partial charge on any atom is -0.340 e. The molecule has 0 N–H and O–H groups in total. The van der Waals surface area contributed by atoms with Gasteiger partial charge in [-0.05, 0) is 18.9 Å². The molecule has 6 nitrogen and oxygen atoms in total. The lowest BCUT2D eigenvalue weighted by Gasteiger charge is -2.37. The highest BCUT2D eigenvalue weighted by atomic mass is 16.2. The van der Waals surface area contributed by atoms with Gasteiger partial charge in [-0.1, -0.05) is 29.8 Å². The van der Waals surface area contributed by atoms with Crippen LogP contribution >= 0.6 is 0 Å². The first-order valence-electron chi connectivity index (χ1n) is 8.83. The summed E-state index contributed by atoms with van der Waals surface area (Å²) in [6, 6.07) is 7.89. The van der Waals surface area contributed by atoms with Crippen molar-refractivity contribution in [2.75, 3.05) is 33.2 Å². The lowest BCUT2D eigenvalue weighted by atomic mass is 10.1. The third kappa shape index (κ3) is 3.90. The van der Waals surface area contributed by atoms with E-state index in [2.05, 4.69) is 25.1 Å². The van der Waals surface area contributed by atoms with E-state index in [0.29, 0.717) is 32.6 Å². The number of hydrogen-bond acceptors (Lipinski definition) is 4. The molecule has 0 bridgehead atoms. The maximum Gasteiger partial charge on any atom is 0.246 e. The Balaban J connectivity index is 1.48. The SMILES string of the molecule is Cc1cccc(CCC(=O)N2CCN(C3CC(=O)N(C)C3=O)CC2)c1. The van der Waals surface area contributed by atoms with Crippen LogP contribution in [0.4, 0.5) is 0 Å². The summed E-state index contributed by atoms with van der Waals surface area (Å²) in [5.41, 5.74) is 2.39. The lowest BCUT2D eigenvalue weighted by molar-refractivity contribution is -0.138. The molecule has 1 aromatic carbocycles. The number of likely N-dealkylation sites (tertiary alicyclic amines) is 1. The maximum absolute atomic E-state index is 12.4. The minimum absolute atomic E-state index is 0.119. The van der Waals surface area contributed by atoms with Crippen molar-refractivity contribution in [3.8, 4) is 0 Å². The number of benzene rings is 1. The number of rotatable bonds is 4. The summed E-state index contributed by atoms with van der Waals surface area (Å²) in [4.78, 5) is 41.3. The molecule has 2 fully saturated rings. The van der Waals surface area contributed by atoms with Gasteiger partial charge in [-0.2, -0.15) is 0 Å². The molecule has 6 heteroatoms. The summed E-state index contributed by atoms with van der Waals surface area (Å²) in [6.07, 6.45) is 1.52. The van der Waals surface area contributed by atoms with E-state index in [9.17, 15) is 14.4 Å². The van der Waals surface area contributed by atoms with E-state index in [1.807, 2.05) is 15.9 Å². The van der Waals surface area contributed by atoms with Crippen molar-refractivity contribution in [3.63, 3.8) is 0 Å². The Hall–Kier alpha value is -2.21. The first kappa shape index (κ1) is 17.6. The Morgan fingerprint density at radius 1 is 1.16 bits per heavy atom. The van der Waals surface area contributed by atoms with Gasteiger partial charge in [0, 0.05) is 39.6 Å². The minimum atomic E-state index is -0.345. The second kappa shape index (κ2) is 7.35. The van der Waals surface area contributed by atoms with Crippen molar-refractivity contribution in [1.29, 1.82) is 0 Å². The summed E-state index contributed by atoms with van der Waals surface area (Å²) in [6.45, 7) is 4.58. The van der Waals surface area contributed by atoms with E-state index in [4.69, 9.17) is 0 Å². The van der Waals surface area contributed by atoms with Gasteiger partial charge >= 0.3 is 0 Å². The average Bonchev–Trinajstić information content (AvgIpc) is 2.87. The van der Waals surface area contributed by atoms with Crippen LogP contribution in [0, 0.1) is 6.92 Å². The standard InChI is InChI=1S/C19H25N3O3/c1-14-4-3-5-15(12-14)6-7-17(23)22-10-8-21(9-11-22)16-13-18(24)20(2)19(16)25/h3-5,12,16H,6-11,13H2,1-2H3. The number of carbonyl (C=O) groups excluding carboxylic acids is 3. The van der Waals surface area contributed by atoms with E-state index in [1.165, 1.54) is 23.1 Å². The number of carbonyl (C=O) groups is 3. The number of imide groups is 1. The molecule has 0 spiro atoms. The van der Waals surface area contributed by atoms with Gasteiger partial charge in [-0.15, -0.1) is 0 Å². The zero-order valence-corrected chi connectivity index (χ0v) is 14.9. The molecule has 0 radical (unpaired) electrons. The Morgan fingerprint density at radius 3 is 2.48 bits per heavy atom. The largest absolute Gasteiger partial charge is 0.340 e. The molecule has 2 saturated heterocycles. The fourth-order valence-electron chi connectivity index (χ4n) is 3.58. The van der Waals surface area contributed by atoms with Gasteiger partial charge in [-0.3, -0.25) is 24.2 Å². The van der Waals surface area contributed by atoms with E-state index >= 15 is 0 Å². The van der Waals surface area contributed by atoms with Crippen molar-refractivity contribution in [1.82, 2.24) is 14.7 Å². The highest BCUT2D eigenvalue weighted by molar-refractivity contribution is 6.05. The van der Waals surface area contributed by atoms with Crippen LogP contribution in [0.3, 0.4) is 0 Å². The smallest absolute Gasteiger partial charge is 0.246 e. The summed E-state index contributed by atoms with van der Waals surface area (Å²) in [5, 5.41) is 0. The predicted molar refractivity (Wildman–Crippen MR) is 93.8 cm³/mol. The highest BCUT2D eigenvalue weighted by Gasteiger charge is 2.40. The fourth-order valence-corrected chi connectivity index (χ4v) is 3.58. The molecular weight excluding hydrogens is 318 g/mol. The molecule has 2 aliphatic rings. The lowest BCUT2D eigenvalue weighted by Crippen LogP contribution is -2.53. The third-order valence-electron chi connectivity index (χ3n) is 5.18. The van der Waals surface area contributed by atoms with Crippen LogP contribution in [0.25, 0.3) is 0 Å². The van der Waals surface area contributed by atoms with Crippen LogP contribution in [0.15, 0.2) is 24.3 Å². The third-order valence-corrected chi connectivity index (χ3v) is 5.18. The normalized spacial score (nSPS) is 21.9. The molecule has 0 aromatic heterocycles. The number of nitrogens with zero attached hydrogens (tertiary/aromatic N) is 3.